The van der Waals surface area contributed by atoms with Crippen LogP contribution < -0.4 is 11.1 Å². The lowest BCUT2D eigenvalue weighted by molar-refractivity contribution is 1.34. The Hall–Kier alpha value is -1.75. The fourth-order valence-electron chi connectivity index (χ4n) is 1.21. The molecule has 3 N–H and O–H groups in total. The maximum absolute atomic E-state index is 5.39. The number of nitrogens with zero attached hydrogens (tertiary/aromatic N) is 2. The molecular formula is C9H8N4S. The van der Waals surface area contributed by atoms with Gasteiger partial charge in [-0.2, -0.15) is 0 Å². The molecule has 14 heavy (non-hydrogen) atoms. The van der Waals surface area contributed by atoms with Gasteiger partial charge in [0.25, 0.3) is 0 Å². The number of nitrogens with one attached hydrogen (secondary N) is 1. The van der Waals surface area contributed by atoms with Crippen molar-refractivity contribution in [3.05, 3.63) is 30.6 Å². The molecule has 0 bridgehead atoms. The Kier molecular flexibility index (Phi) is 2.24. The van der Waals surface area contributed by atoms with E-state index in [0.717, 1.165) is 16.7 Å². The minimum absolute atomic E-state index is 0.225. The number of rotatable bonds is 1. The topological polar surface area (TPSA) is 63.8 Å². The van der Waals surface area contributed by atoms with E-state index in [4.69, 9.17) is 18.0 Å². The van der Waals surface area contributed by atoms with Crippen LogP contribution >= 0.6 is 12.2 Å². The van der Waals surface area contributed by atoms with E-state index in [-0.39, 0.29) is 5.11 Å². The summed E-state index contributed by atoms with van der Waals surface area (Å²) in [7, 11) is 0. The van der Waals surface area contributed by atoms with Crippen LogP contribution in [0.2, 0.25) is 0 Å². The third-order valence-electron chi connectivity index (χ3n) is 1.75. The second-order valence-corrected chi connectivity index (χ2v) is 3.16. The van der Waals surface area contributed by atoms with Gasteiger partial charge in [-0.25, -0.2) is 0 Å². The highest BCUT2D eigenvalue weighted by atomic mass is 32.1. The smallest absolute Gasteiger partial charge is 0.168 e. The van der Waals surface area contributed by atoms with E-state index in [1.54, 1.807) is 18.5 Å². The number of fused-ring (bicyclic) bond motifs is 1. The fourth-order valence-corrected chi connectivity index (χ4v) is 1.32. The molecule has 0 amide bonds. The number of nitrogens with two attached hydrogens (primary N) is 1. The van der Waals surface area contributed by atoms with Crippen molar-refractivity contribution < 1.29 is 0 Å². The SMILES string of the molecule is NC(=S)Nc1ccnc2cccnc12. The molecule has 0 aliphatic heterocycles. The molecule has 0 aromatic carbocycles. The van der Waals surface area contributed by atoms with Gasteiger partial charge in [-0.05, 0) is 30.4 Å². The molecule has 2 aromatic rings. The van der Waals surface area contributed by atoms with E-state index < -0.39 is 0 Å². The summed E-state index contributed by atoms with van der Waals surface area (Å²) in [6, 6.07) is 5.50. The molecule has 0 radical (unpaired) electrons. The van der Waals surface area contributed by atoms with Crippen molar-refractivity contribution in [3.63, 3.8) is 0 Å². The molecule has 2 heterocycles. The Morgan fingerprint density at radius 3 is 2.93 bits per heavy atom. The number of anilines is 1. The van der Waals surface area contributed by atoms with Gasteiger partial charge in [0.2, 0.25) is 0 Å². The van der Waals surface area contributed by atoms with Crippen LogP contribution in [0.15, 0.2) is 30.6 Å². The number of thiocarbonyl (C=S) groups is 1. The quantitative estimate of drug-likeness (QED) is 0.685. The van der Waals surface area contributed by atoms with E-state index in [1.165, 1.54) is 0 Å². The van der Waals surface area contributed by atoms with Crippen molar-refractivity contribution in [1.29, 1.82) is 0 Å². The average Bonchev–Trinajstić information content (AvgIpc) is 2.18. The maximum Gasteiger partial charge on any atom is 0.168 e. The number of hydrogen-bond donors (Lipinski definition) is 2. The van der Waals surface area contributed by atoms with Gasteiger partial charge in [-0.3, -0.25) is 9.97 Å². The molecule has 2 aromatic heterocycles. The monoisotopic (exact) mass is 204 g/mol. The van der Waals surface area contributed by atoms with Crippen molar-refractivity contribution in [2.45, 2.75) is 0 Å². The predicted molar refractivity (Wildman–Crippen MR) is 59.9 cm³/mol. The Labute approximate surface area is 86.2 Å². The maximum atomic E-state index is 5.39. The van der Waals surface area contributed by atoms with Crippen LogP contribution in [-0.2, 0) is 0 Å². The van der Waals surface area contributed by atoms with Crippen LogP contribution in [0.3, 0.4) is 0 Å². The number of hydrogen-bond acceptors (Lipinski definition) is 3. The van der Waals surface area contributed by atoms with E-state index in [0.29, 0.717) is 0 Å². The van der Waals surface area contributed by atoms with Gasteiger partial charge in [0.15, 0.2) is 5.11 Å². The largest absolute Gasteiger partial charge is 0.376 e. The molecule has 0 atom stereocenters. The van der Waals surface area contributed by atoms with Crippen molar-refractivity contribution in [3.8, 4) is 0 Å². The first-order chi connectivity index (χ1) is 6.77. The average molecular weight is 204 g/mol. The standard InChI is InChI=1S/C9H8N4S/c10-9(14)13-7-3-5-11-6-2-1-4-12-8(6)7/h1-5H,(H3,10,11,13,14). The van der Waals surface area contributed by atoms with Crippen molar-refractivity contribution in [1.82, 2.24) is 9.97 Å². The second kappa shape index (κ2) is 3.55. The van der Waals surface area contributed by atoms with Crippen LogP contribution in [0.25, 0.3) is 11.0 Å². The van der Waals surface area contributed by atoms with Crippen LogP contribution in [-0.4, -0.2) is 15.1 Å². The van der Waals surface area contributed by atoms with Gasteiger partial charge >= 0.3 is 0 Å². The van der Waals surface area contributed by atoms with E-state index in [2.05, 4.69) is 15.3 Å². The lowest BCUT2D eigenvalue weighted by Gasteiger charge is -2.05. The summed E-state index contributed by atoms with van der Waals surface area (Å²) in [5.74, 6) is 0. The molecule has 0 spiro atoms. The first kappa shape index (κ1) is 8.83. The van der Waals surface area contributed by atoms with E-state index >= 15 is 0 Å². The highest BCUT2D eigenvalue weighted by molar-refractivity contribution is 7.80. The Morgan fingerprint density at radius 2 is 2.14 bits per heavy atom. The lowest BCUT2D eigenvalue weighted by Crippen LogP contribution is -2.19. The van der Waals surface area contributed by atoms with Crippen molar-refractivity contribution >= 4 is 34.1 Å². The molecule has 0 aliphatic rings. The molecule has 0 aliphatic carbocycles. The van der Waals surface area contributed by atoms with Gasteiger partial charge in [-0.15, -0.1) is 0 Å². The third-order valence-corrected chi connectivity index (χ3v) is 1.86. The molecule has 0 unspecified atom stereocenters. The van der Waals surface area contributed by atoms with Crippen LogP contribution in [0.5, 0.6) is 0 Å². The molecule has 0 saturated heterocycles. The van der Waals surface area contributed by atoms with Gasteiger partial charge in [0, 0.05) is 12.4 Å². The predicted octanol–water partition coefficient (Wildman–Crippen LogP) is 1.29. The molecule has 2 rings (SSSR count). The third kappa shape index (κ3) is 1.62. The van der Waals surface area contributed by atoms with Gasteiger partial charge in [0.05, 0.1) is 11.2 Å². The lowest BCUT2D eigenvalue weighted by atomic mass is 10.3. The minimum Gasteiger partial charge on any atom is -0.376 e. The zero-order valence-corrected chi connectivity index (χ0v) is 8.08. The van der Waals surface area contributed by atoms with Gasteiger partial charge in [-0.1, -0.05) is 0 Å². The zero-order chi connectivity index (χ0) is 9.97. The first-order valence-electron chi connectivity index (χ1n) is 4.03. The summed E-state index contributed by atoms with van der Waals surface area (Å²) in [6.45, 7) is 0. The summed E-state index contributed by atoms with van der Waals surface area (Å²) in [4.78, 5) is 8.36. The summed E-state index contributed by atoms with van der Waals surface area (Å²) >= 11 is 4.76. The fraction of sp³-hybridized carbons (Fsp3) is 0. The Balaban J connectivity index is 2.59. The second-order valence-electron chi connectivity index (χ2n) is 2.72. The van der Waals surface area contributed by atoms with E-state index in [1.807, 2.05) is 12.1 Å². The van der Waals surface area contributed by atoms with Crippen molar-refractivity contribution in [2.24, 2.45) is 5.73 Å². The number of pyridine rings is 2. The minimum atomic E-state index is 0.225. The molecule has 70 valence electrons. The summed E-state index contributed by atoms with van der Waals surface area (Å²) in [5, 5.41) is 3.08. The zero-order valence-electron chi connectivity index (χ0n) is 7.27. The Morgan fingerprint density at radius 1 is 1.29 bits per heavy atom. The highest BCUT2D eigenvalue weighted by Gasteiger charge is 2.01. The summed E-state index contributed by atoms with van der Waals surface area (Å²) in [5.41, 5.74) is 7.75. The molecule has 0 fully saturated rings. The highest BCUT2D eigenvalue weighted by Crippen LogP contribution is 2.17. The van der Waals surface area contributed by atoms with Gasteiger partial charge in [0.1, 0.15) is 5.52 Å². The first-order valence-corrected chi connectivity index (χ1v) is 4.44. The van der Waals surface area contributed by atoms with Crippen LogP contribution in [0.4, 0.5) is 5.69 Å². The molecule has 4 nitrogen and oxygen atoms in total. The van der Waals surface area contributed by atoms with Crippen LogP contribution in [0.1, 0.15) is 0 Å². The number of aromatic nitrogens is 2. The molecule has 5 heteroatoms. The Bertz CT molecular complexity index is 478. The summed E-state index contributed by atoms with van der Waals surface area (Å²) < 4.78 is 0. The molecular weight excluding hydrogens is 196 g/mol. The molecule has 0 saturated carbocycles. The van der Waals surface area contributed by atoms with E-state index in [9.17, 15) is 0 Å². The van der Waals surface area contributed by atoms with Crippen LogP contribution in [0, 0.1) is 0 Å². The van der Waals surface area contributed by atoms with Gasteiger partial charge < -0.3 is 11.1 Å². The summed E-state index contributed by atoms with van der Waals surface area (Å²) in [6.07, 6.45) is 3.39. The normalized spacial score (nSPS) is 10.0. The van der Waals surface area contributed by atoms with Crippen molar-refractivity contribution in [2.75, 3.05) is 5.32 Å².